The molecule has 1 aromatic heterocycles. The van der Waals surface area contributed by atoms with Crippen molar-refractivity contribution in [3.05, 3.63) is 47.3 Å². The lowest BCUT2D eigenvalue weighted by atomic mass is 10.2. The van der Waals surface area contributed by atoms with Crippen molar-refractivity contribution < 1.29 is 13.5 Å². The van der Waals surface area contributed by atoms with Crippen LogP contribution < -0.4 is 4.74 Å². The number of alkyl halides is 1. The second-order valence-corrected chi connectivity index (χ2v) is 5.42. The average molecular weight is 359 g/mol. The summed E-state index contributed by atoms with van der Waals surface area (Å²) in [7, 11) is 0. The third kappa shape index (κ3) is 3.81. The molecule has 1 atom stereocenters. The summed E-state index contributed by atoms with van der Waals surface area (Å²) in [6.07, 6.45) is 2.80. The highest BCUT2D eigenvalue weighted by atomic mass is 79.9. The van der Waals surface area contributed by atoms with Gasteiger partial charge in [0.15, 0.2) is 17.4 Å². The maximum Gasteiger partial charge on any atom is 0.191 e. The van der Waals surface area contributed by atoms with Crippen molar-refractivity contribution in [1.82, 2.24) is 9.78 Å². The van der Waals surface area contributed by atoms with Crippen LogP contribution in [-0.4, -0.2) is 9.78 Å². The molecule has 0 saturated carbocycles. The number of benzene rings is 1. The highest BCUT2D eigenvalue weighted by Gasteiger charge is 2.13. The van der Waals surface area contributed by atoms with E-state index >= 15 is 0 Å². The van der Waals surface area contributed by atoms with Gasteiger partial charge < -0.3 is 4.74 Å². The molecule has 1 heterocycles. The molecule has 114 valence electrons. The Morgan fingerprint density at radius 3 is 2.57 bits per heavy atom. The van der Waals surface area contributed by atoms with E-state index in [1.807, 2.05) is 10.9 Å². The molecular formula is C15H17BrF2N2O. The van der Waals surface area contributed by atoms with E-state index in [1.165, 1.54) is 12.1 Å². The van der Waals surface area contributed by atoms with Gasteiger partial charge in [0.05, 0.1) is 5.69 Å². The first-order chi connectivity index (χ1) is 10.0. The van der Waals surface area contributed by atoms with Crippen molar-refractivity contribution in [2.45, 2.75) is 38.2 Å². The second kappa shape index (κ2) is 7.02. The maximum atomic E-state index is 13.8. The molecule has 2 aromatic rings. The first kappa shape index (κ1) is 15.9. The molecule has 0 amide bonds. The smallest absolute Gasteiger partial charge is 0.191 e. The monoisotopic (exact) mass is 358 g/mol. The van der Waals surface area contributed by atoms with E-state index in [0.29, 0.717) is 16.6 Å². The van der Waals surface area contributed by atoms with Gasteiger partial charge in [0, 0.05) is 17.6 Å². The van der Waals surface area contributed by atoms with Crippen molar-refractivity contribution in [3.8, 4) is 5.75 Å². The van der Waals surface area contributed by atoms with Gasteiger partial charge in [-0.25, -0.2) is 8.78 Å². The Morgan fingerprint density at radius 1 is 1.33 bits per heavy atom. The standard InChI is InChI=1S/C15H17BrF2N2O/c1-3-10(2)20-5-4-12(19-20)9-21-15-13(17)6-11(8-16)7-14(15)18/h4-7,10H,3,8-9H2,1-2H3. The molecule has 0 bridgehead atoms. The van der Waals surface area contributed by atoms with E-state index in [0.717, 1.165) is 6.42 Å². The number of hydrogen-bond acceptors (Lipinski definition) is 2. The van der Waals surface area contributed by atoms with Crippen molar-refractivity contribution in [2.75, 3.05) is 0 Å². The highest BCUT2D eigenvalue weighted by Crippen LogP contribution is 2.25. The van der Waals surface area contributed by atoms with Crippen molar-refractivity contribution in [1.29, 1.82) is 0 Å². The van der Waals surface area contributed by atoms with Crippen molar-refractivity contribution >= 4 is 15.9 Å². The molecule has 0 N–H and O–H groups in total. The zero-order chi connectivity index (χ0) is 15.4. The average Bonchev–Trinajstić information content (AvgIpc) is 2.94. The molecule has 2 rings (SSSR count). The van der Waals surface area contributed by atoms with Crippen molar-refractivity contribution in [2.24, 2.45) is 0 Å². The lowest BCUT2D eigenvalue weighted by molar-refractivity contribution is 0.268. The molecule has 0 spiro atoms. The quantitative estimate of drug-likeness (QED) is 0.705. The van der Waals surface area contributed by atoms with Gasteiger partial charge in [-0.2, -0.15) is 5.10 Å². The van der Waals surface area contributed by atoms with E-state index in [9.17, 15) is 8.78 Å². The zero-order valence-electron chi connectivity index (χ0n) is 11.9. The minimum atomic E-state index is -0.703. The maximum absolute atomic E-state index is 13.8. The highest BCUT2D eigenvalue weighted by molar-refractivity contribution is 9.08. The predicted molar refractivity (Wildman–Crippen MR) is 80.6 cm³/mol. The Hall–Kier alpha value is -1.43. The number of hydrogen-bond donors (Lipinski definition) is 0. The first-order valence-electron chi connectivity index (χ1n) is 6.75. The van der Waals surface area contributed by atoms with Crippen LogP contribution in [-0.2, 0) is 11.9 Å². The van der Waals surface area contributed by atoms with Crippen molar-refractivity contribution in [3.63, 3.8) is 0 Å². The molecule has 6 heteroatoms. The molecule has 3 nitrogen and oxygen atoms in total. The fourth-order valence-electron chi connectivity index (χ4n) is 1.86. The van der Waals surface area contributed by atoms with Crippen LogP contribution in [0.15, 0.2) is 24.4 Å². The van der Waals surface area contributed by atoms with Gasteiger partial charge in [-0.3, -0.25) is 4.68 Å². The fraction of sp³-hybridized carbons (Fsp3) is 0.400. The van der Waals surface area contributed by atoms with Crippen LogP contribution >= 0.6 is 15.9 Å². The van der Waals surface area contributed by atoms with Crippen LogP contribution in [0.4, 0.5) is 8.78 Å². The molecule has 1 unspecified atom stereocenters. The van der Waals surface area contributed by atoms with Gasteiger partial charge >= 0.3 is 0 Å². The van der Waals surface area contributed by atoms with Gasteiger partial charge in [0.25, 0.3) is 0 Å². The van der Waals surface area contributed by atoms with Gasteiger partial charge in [-0.1, -0.05) is 22.9 Å². The van der Waals surface area contributed by atoms with E-state index < -0.39 is 11.6 Å². The molecule has 0 saturated heterocycles. The zero-order valence-corrected chi connectivity index (χ0v) is 13.5. The molecule has 0 aliphatic rings. The van der Waals surface area contributed by atoms with Crippen LogP contribution in [0.25, 0.3) is 0 Å². The molecule has 0 radical (unpaired) electrons. The topological polar surface area (TPSA) is 27.1 Å². The Kier molecular flexibility index (Phi) is 5.33. The normalized spacial score (nSPS) is 12.4. The third-order valence-electron chi connectivity index (χ3n) is 3.28. The van der Waals surface area contributed by atoms with Crippen LogP contribution in [0.5, 0.6) is 5.75 Å². The van der Waals surface area contributed by atoms with Crippen LogP contribution in [0.1, 0.15) is 37.6 Å². The van der Waals surface area contributed by atoms with Crippen LogP contribution in [0.3, 0.4) is 0 Å². The van der Waals surface area contributed by atoms with Crippen LogP contribution in [0, 0.1) is 11.6 Å². The summed E-state index contributed by atoms with van der Waals surface area (Å²) in [5.74, 6) is -1.77. The summed E-state index contributed by atoms with van der Waals surface area (Å²) in [5.41, 5.74) is 1.16. The molecular weight excluding hydrogens is 342 g/mol. The molecule has 0 aliphatic heterocycles. The minimum Gasteiger partial charge on any atom is -0.481 e. The fourth-order valence-corrected chi connectivity index (χ4v) is 2.18. The number of aromatic nitrogens is 2. The first-order valence-corrected chi connectivity index (χ1v) is 7.88. The van der Waals surface area contributed by atoms with Gasteiger partial charge in [-0.05, 0) is 37.1 Å². The second-order valence-electron chi connectivity index (χ2n) is 4.86. The minimum absolute atomic E-state index is 0.0327. The molecule has 0 fully saturated rings. The van der Waals surface area contributed by atoms with E-state index in [-0.39, 0.29) is 18.4 Å². The molecule has 0 aliphatic carbocycles. The Morgan fingerprint density at radius 2 is 2.00 bits per heavy atom. The number of halogens is 3. The lowest BCUT2D eigenvalue weighted by Crippen LogP contribution is -2.06. The van der Waals surface area contributed by atoms with Gasteiger partial charge in [-0.15, -0.1) is 0 Å². The SMILES string of the molecule is CCC(C)n1ccc(COc2c(F)cc(CBr)cc2F)n1. The number of rotatable bonds is 6. The summed E-state index contributed by atoms with van der Waals surface area (Å²) < 4.78 is 34.6. The lowest BCUT2D eigenvalue weighted by Gasteiger charge is -2.09. The summed E-state index contributed by atoms with van der Waals surface area (Å²) in [6.45, 7) is 4.15. The Balaban J connectivity index is 2.08. The summed E-state index contributed by atoms with van der Waals surface area (Å²) >= 11 is 3.16. The number of nitrogens with zero attached hydrogens (tertiary/aromatic N) is 2. The van der Waals surface area contributed by atoms with E-state index in [2.05, 4.69) is 34.9 Å². The largest absolute Gasteiger partial charge is 0.481 e. The summed E-state index contributed by atoms with van der Waals surface area (Å²) in [5, 5.41) is 4.72. The summed E-state index contributed by atoms with van der Waals surface area (Å²) in [6, 6.07) is 4.58. The van der Waals surface area contributed by atoms with Gasteiger partial charge in [0.1, 0.15) is 6.61 Å². The third-order valence-corrected chi connectivity index (χ3v) is 3.93. The Labute approximate surface area is 131 Å². The van der Waals surface area contributed by atoms with Crippen LogP contribution in [0.2, 0.25) is 0 Å². The Bertz CT molecular complexity index is 592. The summed E-state index contributed by atoms with van der Waals surface area (Å²) in [4.78, 5) is 0. The predicted octanol–water partition coefficient (Wildman–Crippen LogP) is 4.61. The van der Waals surface area contributed by atoms with E-state index in [4.69, 9.17) is 4.74 Å². The molecule has 1 aromatic carbocycles. The van der Waals surface area contributed by atoms with Gasteiger partial charge in [0.2, 0.25) is 0 Å². The number of ether oxygens (including phenoxy) is 1. The molecule has 21 heavy (non-hydrogen) atoms. The van der Waals surface area contributed by atoms with E-state index in [1.54, 1.807) is 6.07 Å².